The second kappa shape index (κ2) is 5.25. The zero-order valence-corrected chi connectivity index (χ0v) is 9.59. The van der Waals surface area contributed by atoms with Crippen molar-refractivity contribution in [3.8, 4) is 0 Å². The molecule has 0 radical (unpaired) electrons. The molecule has 1 aromatic carbocycles. The van der Waals surface area contributed by atoms with Crippen molar-refractivity contribution in [2.24, 2.45) is 0 Å². The van der Waals surface area contributed by atoms with Gasteiger partial charge in [-0.3, -0.25) is 14.9 Å². The molecule has 1 aromatic heterocycles. The number of imidazole rings is 1. The number of aromatic amines is 1. The third-order valence-corrected chi connectivity index (χ3v) is 2.40. The summed E-state index contributed by atoms with van der Waals surface area (Å²) in [6, 6.07) is 2.87. The number of hydrogen-bond donors (Lipinski definition) is 2. The molecule has 2 rings (SSSR count). The molecule has 8 heteroatoms. The van der Waals surface area contributed by atoms with E-state index >= 15 is 0 Å². The highest BCUT2D eigenvalue weighted by Crippen LogP contribution is 2.16. The molecule has 0 unspecified atom stereocenters. The van der Waals surface area contributed by atoms with E-state index < -0.39 is 22.3 Å². The maximum atomic E-state index is 13.5. The maximum absolute atomic E-state index is 13.5. The maximum Gasteiger partial charge on any atom is 0.272 e. The largest absolute Gasteiger partial charge is 0.347 e. The fourth-order valence-electron chi connectivity index (χ4n) is 1.45. The lowest BCUT2D eigenvalue weighted by molar-refractivity contribution is -0.385. The molecule has 0 spiro atoms. The molecule has 1 heterocycles. The summed E-state index contributed by atoms with van der Waals surface area (Å²) in [5.74, 6) is -1.58. The summed E-state index contributed by atoms with van der Waals surface area (Å²) in [6.07, 6.45) is 2.97. The van der Waals surface area contributed by atoms with Gasteiger partial charge in [-0.15, -0.1) is 0 Å². The Labute approximate surface area is 106 Å². The van der Waals surface area contributed by atoms with Gasteiger partial charge in [0.15, 0.2) is 0 Å². The van der Waals surface area contributed by atoms with Gasteiger partial charge in [-0.1, -0.05) is 0 Å². The minimum Gasteiger partial charge on any atom is -0.347 e. The Morgan fingerprint density at radius 2 is 2.32 bits per heavy atom. The number of carbonyl (C=O) groups excluding carboxylic acids is 1. The molecular formula is C11H9FN4O3. The summed E-state index contributed by atoms with van der Waals surface area (Å²) in [5, 5.41) is 12.9. The number of aromatic nitrogens is 2. The van der Waals surface area contributed by atoms with E-state index in [1.54, 1.807) is 0 Å². The Morgan fingerprint density at radius 3 is 2.89 bits per heavy atom. The van der Waals surface area contributed by atoms with Crippen molar-refractivity contribution in [3.05, 3.63) is 57.9 Å². The molecule has 2 N–H and O–H groups in total. The van der Waals surface area contributed by atoms with Crippen molar-refractivity contribution < 1.29 is 14.1 Å². The van der Waals surface area contributed by atoms with Crippen LogP contribution in [0.4, 0.5) is 10.1 Å². The number of rotatable bonds is 4. The van der Waals surface area contributed by atoms with E-state index in [9.17, 15) is 19.3 Å². The molecule has 7 nitrogen and oxygen atoms in total. The molecule has 0 atom stereocenters. The van der Waals surface area contributed by atoms with Crippen LogP contribution in [0.2, 0.25) is 0 Å². The predicted molar refractivity (Wildman–Crippen MR) is 62.8 cm³/mol. The molecule has 98 valence electrons. The number of amides is 1. The number of benzene rings is 1. The molecule has 0 aliphatic heterocycles. The van der Waals surface area contributed by atoms with E-state index in [1.165, 1.54) is 12.5 Å². The summed E-state index contributed by atoms with van der Waals surface area (Å²) >= 11 is 0. The van der Waals surface area contributed by atoms with E-state index in [-0.39, 0.29) is 12.1 Å². The molecule has 0 fully saturated rings. The average molecular weight is 264 g/mol. The Balaban J connectivity index is 2.09. The van der Waals surface area contributed by atoms with Crippen molar-refractivity contribution in [1.82, 2.24) is 15.3 Å². The van der Waals surface area contributed by atoms with E-state index in [0.717, 1.165) is 12.1 Å². The lowest BCUT2D eigenvalue weighted by atomic mass is 10.2. The molecule has 0 saturated heterocycles. The van der Waals surface area contributed by atoms with Crippen molar-refractivity contribution in [1.29, 1.82) is 0 Å². The van der Waals surface area contributed by atoms with Gasteiger partial charge in [0.2, 0.25) is 0 Å². The zero-order valence-electron chi connectivity index (χ0n) is 9.59. The molecule has 0 saturated carbocycles. The van der Waals surface area contributed by atoms with Gasteiger partial charge < -0.3 is 10.3 Å². The van der Waals surface area contributed by atoms with Crippen LogP contribution in [0.15, 0.2) is 30.7 Å². The second-order valence-corrected chi connectivity index (χ2v) is 3.68. The Bertz CT molecular complexity index is 612. The van der Waals surface area contributed by atoms with Gasteiger partial charge in [0.25, 0.3) is 11.6 Å². The molecule has 0 aliphatic carbocycles. The molecular weight excluding hydrogens is 255 g/mol. The number of nitro groups is 1. The normalized spacial score (nSPS) is 10.2. The monoisotopic (exact) mass is 264 g/mol. The van der Waals surface area contributed by atoms with Gasteiger partial charge in [-0.2, -0.15) is 0 Å². The zero-order chi connectivity index (χ0) is 13.8. The first kappa shape index (κ1) is 12.7. The summed E-state index contributed by atoms with van der Waals surface area (Å²) < 4.78 is 13.5. The summed E-state index contributed by atoms with van der Waals surface area (Å²) in [4.78, 5) is 27.9. The highest BCUT2D eigenvalue weighted by atomic mass is 19.1. The fourth-order valence-corrected chi connectivity index (χ4v) is 1.45. The minimum atomic E-state index is -0.934. The summed E-state index contributed by atoms with van der Waals surface area (Å²) in [6.45, 7) is 0.162. The molecule has 19 heavy (non-hydrogen) atoms. The highest BCUT2D eigenvalue weighted by Gasteiger charge is 2.15. The standard InChI is InChI=1S/C11H9FN4O3/c12-10-3-8(16(18)19)1-2-9(10)11(17)14-5-7-4-13-6-15-7/h1-4,6H,5H2,(H,13,15)(H,14,17). The number of nitro benzene ring substituents is 1. The van der Waals surface area contributed by atoms with Gasteiger partial charge in [0.1, 0.15) is 5.82 Å². The first-order chi connectivity index (χ1) is 9.08. The number of nitrogens with zero attached hydrogens (tertiary/aromatic N) is 2. The van der Waals surface area contributed by atoms with Gasteiger partial charge in [0.05, 0.1) is 35.1 Å². The molecule has 0 bridgehead atoms. The van der Waals surface area contributed by atoms with Gasteiger partial charge in [0, 0.05) is 12.3 Å². The first-order valence-electron chi connectivity index (χ1n) is 5.27. The predicted octanol–water partition coefficient (Wildman–Crippen LogP) is 1.39. The topological polar surface area (TPSA) is 101 Å². The van der Waals surface area contributed by atoms with E-state index in [4.69, 9.17) is 0 Å². The van der Waals surface area contributed by atoms with Crippen LogP contribution >= 0.6 is 0 Å². The van der Waals surface area contributed by atoms with Crippen LogP contribution in [0.3, 0.4) is 0 Å². The number of hydrogen-bond acceptors (Lipinski definition) is 4. The minimum absolute atomic E-state index is 0.162. The number of H-pyrrole nitrogens is 1. The number of carbonyl (C=O) groups is 1. The number of non-ortho nitro benzene ring substituents is 1. The van der Waals surface area contributed by atoms with Crippen molar-refractivity contribution in [2.75, 3.05) is 0 Å². The second-order valence-electron chi connectivity index (χ2n) is 3.68. The van der Waals surface area contributed by atoms with E-state index in [2.05, 4.69) is 15.3 Å². The average Bonchev–Trinajstić information content (AvgIpc) is 2.88. The van der Waals surface area contributed by atoms with Crippen LogP contribution in [-0.4, -0.2) is 20.8 Å². The number of halogens is 1. The molecule has 2 aromatic rings. The molecule has 0 aliphatic rings. The van der Waals surface area contributed by atoms with Crippen LogP contribution in [0.1, 0.15) is 16.1 Å². The van der Waals surface area contributed by atoms with Crippen LogP contribution in [0, 0.1) is 15.9 Å². The van der Waals surface area contributed by atoms with Crippen LogP contribution in [0.25, 0.3) is 0 Å². The van der Waals surface area contributed by atoms with Crippen molar-refractivity contribution >= 4 is 11.6 Å². The van der Waals surface area contributed by atoms with Crippen LogP contribution in [-0.2, 0) is 6.54 Å². The van der Waals surface area contributed by atoms with E-state index in [0.29, 0.717) is 11.8 Å². The SMILES string of the molecule is O=C(NCc1cnc[nH]1)c1ccc([N+](=O)[O-])cc1F. The lowest BCUT2D eigenvalue weighted by Crippen LogP contribution is -2.24. The van der Waals surface area contributed by atoms with Crippen LogP contribution in [0.5, 0.6) is 0 Å². The Kier molecular flexibility index (Phi) is 3.51. The van der Waals surface area contributed by atoms with E-state index in [1.807, 2.05) is 0 Å². The smallest absolute Gasteiger partial charge is 0.272 e. The van der Waals surface area contributed by atoms with Gasteiger partial charge in [-0.05, 0) is 6.07 Å². The Hall–Kier alpha value is -2.77. The van der Waals surface area contributed by atoms with Crippen molar-refractivity contribution in [2.45, 2.75) is 6.54 Å². The highest BCUT2D eigenvalue weighted by molar-refractivity contribution is 5.94. The molecule has 1 amide bonds. The van der Waals surface area contributed by atoms with Gasteiger partial charge >= 0.3 is 0 Å². The van der Waals surface area contributed by atoms with Gasteiger partial charge in [-0.25, -0.2) is 9.37 Å². The fraction of sp³-hybridized carbons (Fsp3) is 0.0909. The third-order valence-electron chi connectivity index (χ3n) is 2.40. The summed E-state index contributed by atoms with van der Waals surface area (Å²) in [5.41, 5.74) is 0.0170. The number of nitrogens with one attached hydrogen (secondary N) is 2. The van der Waals surface area contributed by atoms with Crippen LogP contribution < -0.4 is 5.32 Å². The third kappa shape index (κ3) is 2.92. The quantitative estimate of drug-likeness (QED) is 0.643. The first-order valence-corrected chi connectivity index (χ1v) is 5.27. The lowest BCUT2D eigenvalue weighted by Gasteiger charge is -2.04. The van der Waals surface area contributed by atoms with Crippen molar-refractivity contribution in [3.63, 3.8) is 0 Å². The summed E-state index contributed by atoms with van der Waals surface area (Å²) in [7, 11) is 0. The Morgan fingerprint density at radius 1 is 1.53 bits per heavy atom.